The summed E-state index contributed by atoms with van der Waals surface area (Å²) in [6.07, 6.45) is -0.135. The number of alkyl halides is 3. The highest BCUT2D eigenvalue weighted by Crippen LogP contribution is 2.30. The van der Waals surface area contributed by atoms with Gasteiger partial charge in [-0.1, -0.05) is 35.1 Å². The quantitative estimate of drug-likeness (QED) is 0.0812. The molecule has 1 aliphatic rings. The molecule has 0 aliphatic heterocycles. The first-order valence-corrected chi connectivity index (χ1v) is 16.2. The molecular formula is C35H63F3O9. The first-order valence-electron chi connectivity index (χ1n) is 16.2. The number of rotatable bonds is 13. The minimum Gasteiger partial charge on any atom is -0.462 e. The monoisotopic (exact) mass is 684 g/mol. The van der Waals surface area contributed by atoms with E-state index < -0.39 is 35.0 Å². The van der Waals surface area contributed by atoms with Crippen molar-refractivity contribution in [2.24, 2.45) is 22.2 Å². The van der Waals surface area contributed by atoms with Crippen molar-refractivity contribution in [3.63, 3.8) is 0 Å². The van der Waals surface area contributed by atoms with Crippen molar-refractivity contribution in [2.45, 2.75) is 160 Å². The van der Waals surface area contributed by atoms with E-state index in [9.17, 15) is 37.1 Å². The third-order valence-electron chi connectivity index (χ3n) is 8.26. The number of esters is 4. The van der Waals surface area contributed by atoms with Crippen LogP contribution >= 0.6 is 0 Å². The number of carbonyl (C=O) groups is 5. The Kier molecular flexibility index (Phi) is 22.9. The highest BCUT2D eigenvalue weighted by Gasteiger charge is 2.41. The summed E-state index contributed by atoms with van der Waals surface area (Å²) in [6, 6.07) is 0. The van der Waals surface area contributed by atoms with Crippen LogP contribution in [0, 0.1) is 22.2 Å². The van der Waals surface area contributed by atoms with Gasteiger partial charge in [0.1, 0.15) is 31.5 Å². The molecule has 12 heteroatoms. The van der Waals surface area contributed by atoms with Crippen molar-refractivity contribution in [1.82, 2.24) is 0 Å². The summed E-state index contributed by atoms with van der Waals surface area (Å²) in [4.78, 5) is 56.1. The van der Waals surface area contributed by atoms with Gasteiger partial charge in [0.2, 0.25) is 0 Å². The van der Waals surface area contributed by atoms with Gasteiger partial charge in [0.15, 0.2) is 6.10 Å². The lowest BCUT2D eigenvalue weighted by molar-refractivity contribution is -0.221. The zero-order valence-electron chi connectivity index (χ0n) is 30.1. The van der Waals surface area contributed by atoms with Crippen LogP contribution in [0.4, 0.5) is 13.2 Å². The SMILES string of the molecule is C.CCC(C)(C)C(=O)OC(C)C(F)(F)F.CCC(C)(C)C(=O)OC1CCC(C)CC1.CCC(C)(C)C(=O)OCCOC(=O)CC(C)=O. The van der Waals surface area contributed by atoms with Gasteiger partial charge in [0.05, 0.1) is 16.2 Å². The molecule has 0 saturated heterocycles. The smallest absolute Gasteiger partial charge is 0.425 e. The largest absolute Gasteiger partial charge is 0.462 e. The lowest BCUT2D eigenvalue weighted by Gasteiger charge is -2.29. The molecule has 1 unspecified atom stereocenters. The molecule has 1 saturated carbocycles. The van der Waals surface area contributed by atoms with Gasteiger partial charge in [-0.25, -0.2) is 0 Å². The number of carbonyl (C=O) groups excluding carboxylic acids is 5. The van der Waals surface area contributed by atoms with Crippen molar-refractivity contribution >= 4 is 29.7 Å². The molecule has 47 heavy (non-hydrogen) atoms. The van der Waals surface area contributed by atoms with Gasteiger partial charge >= 0.3 is 30.1 Å². The Hall–Kier alpha value is -2.66. The molecule has 1 fully saturated rings. The fraction of sp³-hybridized carbons (Fsp3) is 0.857. The molecule has 0 radical (unpaired) electrons. The number of ketones is 1. The number of Topliss-reactive ketones (excluding diaryl/α,β-unsaturated/α-hetero) is 1. The Morgan fingerprint density at radius 1 is 0.702 bits per heavy atom. The number of hydrogen-bond donors (Lipinski definition) is 0. The lowest BCUT2D eigenvalue weighted by atomic mass is 9.87. The van der Waals surface area contributed by atoms with Crippen LogP contribution in [0.15, 0.2) is 0 Å². The number of hydrogen-bond acceptors (Lipinski definition) is 9. The second-order valence-electron chi connectivity index (χ2n) is 13.8. The maximum Gasteiger partial charge on any atom is 0.425 e. The third kappa shape index (κ3) is 21.0. The summed E-state index contributed by atoms with van der Waals surface area (Å²) in [6.45, 7) is 20.7. The molecule has 0 aromatic rings. The predicted molar refractivity (Wildman–Crippen MR) is 175 cm³/mol. The Morgan fingerprint density at radius 3 is 1.51 bits per heavy atom. The van der Waals surface area contributed by atoms with E-state index in [4.69, 9.17) is 14.2 Å². The zero-order valence-corrected chi connectivity index (χ0v) is 30.1. The molecule has 1 rings (SSSR count). The van der Waals surface area contributed by atoms with Crippen molar-refractivity contribution in [3.8, 4) is 0 Å². The topological polar surface area (TPSA) is 122 Å². The van der Waals surface area contributed by atoms with Crippen LogP contribution in [-0.2, 0) is 42.9 Å². The van der Waals surface area contributed by atoms with Crippen LogP contribution in [0.3, 0.4) is 0 Å². The van der Waals surface area contributed by atoms with E-state index >= 15 is 0 Å². The minimum absolute atomic E-state index is 0. The summed E-state index contributed by atoms with van der Waals surface area (Å²) in [7, 11) is 0. The van der Waals surface area contributed by atoms with Crippen molar-refractivity contribution < 1.29 is 56.1 Å². The standard InChI is InChI=1S/C13H24O2.C12H20O5.C9H15F3O2.CH4/c1-5-13(3,4)12(14)15-11-8-6-10(2)7-9-11;1-5-12(3,4)11(15)17-7-6-16-10(14)8-9(2)13;1-5-8(3,4)7(13)14-6(2)9(10,11)12;/h10-11H,5-9H2,1-4H3;5-8H2,1-4H3;6H,5H2,1-4H3;1H4. The van der Waals surface area contributed by atoms with Crippen LogP contribution in [0.25, 0.3) is 0 Å². The Labute approximate surface area is 281 Å². The average molecular weight is 685 g/mol. The summed E-state index contributed by atoms with van der Waals surface area (Å²) in [5, 5.41) is 0. The fourth-order valence-electron chi connectivity index (χ4n) is 3.22. The van der Waals surface area contributed by atoms with E-state index in [1.54, 1.807) is 34.6 Å². The molecule has 1 aliphatic carbocycles. The first kappa shape index (κ1) is 48.7. The zero-order chi connectivity index (χ0) is 36.5. The first-order chi connectivity index (χ1) is 20.9. The van der Waals surface area contributed by atoms with E-state index in [0.29, 0.717) is 12.8 Å². The van der Waals surface area contributed by atoms with Crippen molar-refractivity contribution in [2.75, 3.05) is 13.2 Å². The molecule has 278 valence electrons. The Bertz CT molecular complexity index is 964. The molecule has 0 amide bonds. The van der Waals surface area contributed by atoms with E-state index in [1.807, 2.05) is 27.7 Å². The molecule has 0 bridgehead atoms. The van der Waals surface area contributed by atoms with Gasteiger partial charge in [-0.2, -0.15) is 13.2 Å². The maximum absolute atomic E-state index is 12.0. The summed E-state index contributed by atoms with van der Waals surface area (Å²) in [5.74, 6) is -1.20. The average Bonchev–Trinajstić information content (AvgIpc) is 2.95. The third-order valence-corrected chi connectivity index (χ3v) is 8.26. The molecule has 1 atom stereocenters. The van der Waals surface area contributed by atoms with Crippen LogP contribution in [-0.4, -0.2) is 61.3 Å². The van der Waals surface area contributed by atoms with E-state index in [-0.39, 0.29) is 56.3 Å². The van der Waals surface area contributed by atoms with Crippen molar-refractivity contribution in [3.05, 3.63) is 0 Å². The molecule has 0 spiro atoms. The van der Waals surface area contributed by atoms with Gasteiger partial charge in [-0.3, -0.25) is 24.0 Å². The van der Waals surface area contributed by atoms with Crippen LogP contribution in [0.1, 0.15) is 142 Å². The molecule has 0 aromatic heterocycles. The Balaban J connectivity index is -0.000000614. The van der Waals surface area contributed by atoms with Gasteiger partial charge in [0, 0.05) is 0 Å². The second-order valence-corrected chi connectivity index (χ2v) is 13.8. The summed E-state index contributed by atoms with van der Waals surface area (Å²) in [5.41, 5.74) is -1.70. The number of ether oxygens (including phenoxy) is 4. The van der Waals surface area contributed by atoms with Crippen LogP contribution < -0.4 is 0 Å². The normalized spacial score (nSPS) is 17.2. The second kappa shape index (κ2) is 22.1. The Morgan fingerprint density at radius 2 is 1.11 bits per heavy atom. The van der Waals surface area contributed by atoms with Gasteiger partial charge in [0.25, 0.3) is 0 Å². The molecule has 0 aromatic carbocycles. The van der Waals surface area contributed by atoms with Gasteiger partial charge in [-0.05, 0) is 106 Å². The highest BCUT2D eigenvalue weighted by atomic mass is 19.4. The molecular weight excluding hydrogens is 621 g/mol. The predicted octanol–water partition coefficient (Wildman–Crippen LogP) is 8.59. The van der Waals surface area contributed by atoms with Gasteiger partial charge < -0.3 is 18.9 Å². The molecule has 0 heterocycles. The van der Waals surface area contributed by atoms with E-state index in [0.717, 1.165) is 32.1 Å². The van der Waals surface area contributed by atoms with Gasteiger partial charge in [-0.15, -0.1) is 0 Å². The minimum atomic E-state index is -4.49. The summed E-state index contributed by atoms with van der Waals surface area (Å²) < 4.78 is 55.6. The van der Waals surface area contributed by atoms with Crippen LogP contribution in [0.2, 0.25) is 0 Å². The lowest BCUT2D eigenvalue weighted by Crippen LogP contribution is -2.36. The molecule has 0 N–H and O–H groups in total. The van der Waals surface area contributed by atoms with Crippen LogP contribution in [0.5, 0.6) is 0 Å². The van der Waals surface area contributed by atoms with E-state index in [2.05, 4.69) is 11.7 Å². The molecule has 9 nitrogen and oxygen atoms in total. The fourth-order valence-corrected chi connectivity index (χ4v) is 3.22. The van der Waals surface area contributed by atoms with E-state index in [1.165, 1.54) is 19.8 Å². The highest BCUT2D eigenvalue weighted by molar-refractivity contribution is 5.94. The summed E-state index contributed by atoms with van der Waals surface area (Å²) >= 11 is 0. The maximum atomic E-state index is 12.0. The number of halogens is 3. The van der Waals surface area contributed by atoms with Crippen molar-refractivity contribution in [1.29, 1.82) is 0 Å².